The number of carbonyl (C=O) groups is 3. The number of rotatable bonds is 28. The second kappa shape index (κ2) is 22.4. The molecule has 2 atom stereocenters. The summed E-state index contributed by atoms with van der Waals surface area (Å²) in [5, 5.41) is 31.8. The van der Waals surface area contributed by atoms with Gasteiger partial charge in [0.1, 0.15) is 10.8 Å². The van der Waals surface area contributed by atoms with Gasteiger partial charge in [0.2, 0.25) is 0 Å². The largest absolute Gasteiger partial charge is 0.481 e. The van der Waals surface area contributed by atoms with Gasteiger partial charge in [-0.1, -0.05) is 168 Å². The average molecular weight is 605 g/mol. The van der Waals surface area contributed by atoms with E-state index in [2.05, 4.69) is 20.8 Å². The smallest absolute Gasteiger partial charge is 0.335 e. The van der Waals surface area contributed by atoms with Crippen LogP contribution in [-0.4, -0.2) is 33.2 Å². The fourth-order valence-electron chi connectivity index (χ4n) is 6.86. The second-order valence-electron chi connectivity index (χ2n) is 13.1. The molecule has 0 aromatic carbocycles. The highest BCUT2D eigenvalue weighted by molar-refractivity contribution is 5.98. The Morgan fingerprint density at radius 3 is 1.16 bits per heavy atom. The van der Waals surface area contributed by atoms with Crippen molar-refractivity contribution in [2.45, 2.75) is 181 Å². The van der Waals surface area contributed by atoms with Gasteiger partial charge in [-0.3, -0.25) is 9.59 Å². The van der Waals surface area contributed by atoms with Crippen LogP contribution in [0.4, 0.5) is 0 Å². The first-order valence-corrected chi connectivity index (χ1v) is 17.9. The van der Waals surface area contributed by atoms with Crippen LogP contribution in [0.15, 0.2) is 23.3 Å². The number of carboxylic acid groups (broad SMARTS) is 3. The molecule has 0 bridgehead atoms. The Labute approximate surface area is 262 Å². The monoisotopic (exact) mass is 604 g/mol. The van der Waals surface area contributed by atoms with Crippen molar-refractivity contribution in [3.8, 4) is 0 Å². The van der Waals surface area contributed by atoms with Gasteiger partial charge in [0.15, 0.2) is 0 Å². The topological polar surface area (TPSA) is 112 Å². The van der Waals surface area contributed by atoms with E-state index in [1.54, 1.807) is 6.08 Å². The predicted octanol–water partition coefficient (Wildman–Crippen LogP) is 10.9. The molecule has 2 unspecified atom stereocenters. The van der Waals surface area contributed by atoms with Gasteiger partial charge < -0.3 is 15.3 Å². The third-order valence-electron chi connectivity index (χ3n) is 9.60. The van der Waals surface area contributed by atoms with Crippen LogP contribution in [0.25, 0.3) is 0 Å². The third-order valence-corrected chi connectivity index (χ3v) is 9.60. The number of unbranched alkanes of at least 4 members (excludes halogenated alkanes) is 19. The molecule has 0 aromatic heterocycles. The lowest BCUT2D eigenvalue weighted by atomic mass is 9.54. The summed E-state index contributed by atoms with van der Waals surface area (Å²) in [5.41, 5.74) is -2.94. The van der Waals surface area contributed by atoms with Crippen LogP contribution < -0.4 is 0 Å². The molecule has 0 heterocycles. The molecule has 0 spiro atoms. The van der Waals surface area contributed by atoms with Crippen molar-refractivity contribution < 1.29 is 29.7 Å². The van der Waals surface area contributed by atoms with Crippen molar-refractivity contribution in [1.82, 2.24) is 0 Å². The summed E-state index contributed by atoms with van der Waals surface area (Å²) in [5.74, 6) is -3.52. The molecule has 1 rings (SSSR count). The quantitative estimate of drug-likeness (QED) is 0.0766. The molecule has 1 aliphatic rings. The highest BCUT2D eigenvalue weighted by Gasteiger charge is 2.60. The zero-order chi connectivity index (χ0) is 32.0. The minimum absolute atomic E-state index is 0.00951. The van der Waals surface area contributed by atoms with Crippen LogP contribution in [-0.2, 0) is 14.4 Å². The summed E-state index contributed by atoms with van der Waals surface area (Å²) in [4.78, 5) is 38.9. The minimum Gasteiger partial charge on any atom is -0.481 e. The second-order valence-corrected chi connectivity index (χ2v) is 13.1. The van der Waals surface area contributed by atoms with E-state index in [9.17, 15) is 29.7 Å². The number of hydrogen-bond acceptors (Lipinski definition) is 3. The zero-order valence-corrected chi connectivity index (χ0v) is 27.9. The normalized spacial score (nSPS) is 20.1. The molecule has 0 aromatic rings. The molecule has 3 N–H and O–H groups in total. The predicted molar refractivity (Wildman–Crippen MR) is 176 cm³/mol. The number of carboxylic acids is 3. The molecule has 6 heteroatoms. The summed E-state index contributed by atoms with van der Waals surface area (Å²) in [6.07, 6.45) is 26.6. The summed E-state index contributed by atoms with van der Waals surface area (Å²) in [6.45, 7) is 6.54. The first-order valence-electron chi connectivity index (χ1n) is 17.9. The molecule has 0 radical (unpaired) electrons. The standard InChI is InChI=1S/C37H64O6/c1-4-7-10-13-16-17-20-23-26-31-29-36(34(40)41,27-24-21-18-14-11-8-5-2)37(35(42)43,30-32(31)33(38)39)28-25-22-19-15-12-9-6-3/h29-30H,4-28H2,1-3H3,(H,38,39)(H,40,41)(H,42,43). The van der Waals surface area contributed by atoms with E-state index >= 15 is 0 Å². The van der Waals surface area contributed by atoms with Crippen LogP contribution >= 0.6 is 0 Å². The first-order chi connectivity index (χ1) is 20.7. The summed E-state index contributed by atoms with van der Waals surface area (Å²) in [6, 6.07) is 0. The summed E-state index contributed by atoms with van der Waals surface area (Å²) in [7, 11) is 0. The zero-order valence-electron chi connectivity index (χ0n) is 27.9. The third kappa shape index (κ3) is 12.8. The lowest BCUT2D eigenvalue weighted by Gasteiger charge is -2.45. The van der Waals surface area contributed by atoms with Gasteiger partial charge in [-0.05, 0) is 31.3 Å². The summed E-state index contributed by atoms with van der Waals surface area (Å²) < 4.78 is 0. The molecule has 0 fully saturated rings. The maximum absolute atomic E-state index is 13.2. The van der Waals surface area contributed by atoms with Crippen molar-refractivity contribution in [3.05, 3.63) is 23.3 Å². The van der Waals surface area contributed by atoms with Crippen LogP contribution in [0, 0.1) is 10.8 Å². The number of aliphatic carboxylic acids is 3. The first kappa shape index (κ1) is 38.9. The van der Waals surface area contributed by atoms with Crippen LogP contribution in [0.1, 0.15) is 181 Å². The van der Waals surface area contributed by atoms with Crippen molar-refractivity contribution in [1.29, 1.82) is 0 Å². The average Bonchev–Trinajstić information content (AvgIpc) is 2.97. The van der Waals surface area contributed by atoms with Crippen molar-refractivity contribution in [2.24, 2.45) is 10.8 Å². The van der Waals surface area contributed by atoms with E-state index in [4.69, 9.17) is 0 Å². The SMILES string of the molecule is CCCCCCCCCCC1=CC(CCCCCCCCC)(C(=O)O)C(CCCCCCCCC)(C(=O)O)C=C1C(=O)O. The lowest BCUT2D eigenvalue weighted by Crippen LogP contribution is -2.52. The maximum atomic E-state index is 13.2. The van der Waals surface area contributed by atoms with Gasteiger partial charge in [0.25, 0.3) is 0 Å². The molecule has 0 aliphatic heterocycles. The Morgan fingerprint density at radius 2 is 0.814 bits per heavy atom. The maximum Gasteiger partial charge on any atom is 0.335 e. The van der Waals surface area contributed by atoms with Crippen LogP contribution in [0.2, 0.25) is 0 Å². The van der Waals surface area contributed by atoms with E-state index in [0.29, 0.717) is 24.8 Å². The Morgan fingerprint density at radius 1 is 0.488 bits per heavy atom. The van der Waals surface area contributed by atoms with Gasteiger partial charge in [0, 0.05) is 0 Å². The Kier molecular flexibility index (Phi) is 20.3. The minimum atomic E-state index is -1.78. The van der Waals surface area contributed by atoms with Crippen LogP contribution in [0.5, 0.6) is 0 Å². The lowest BCUT2D eigenvalue weighted by molar-refractivity contribution is -0.167. The summed E-state index contributed by atoms with van der Waals surface area (Å²) >= 11 is 0. The van der Waals surface area contributed by atoms with Gasteiger partial charge in [-0.15, -0.1) is 0 Å². The van der Waals surface area contributed by atoms with E-state index in [0.717, 1.165) is 89.9 Å². The fraction of sp³-hybridized carbons (Fsp3) is 0.811. The van der Waals surface area contributed by atoms with Gasteiger partial charge in [-0.25, -0.2) is 4.79 Å². The van der Waals surface area contributed by atoms with Gasteiger partial charge in [0.05, 0.1) is 5.57 Å². The molecule has 6 nitrogen and oxygen atoms in total. The molecular formula is C37H64O6. The Bertz CT molecular complexity index is 874. The van der Waals surface area contributed by atoms with Crippen LogP contribution in [0.3, 0.4) is 0 Å². The molecular weight excluding hydrogens is 540 g/mol. The van der Waals surface area contributed by atoms with Crippen molar-refractivity contribution >= 4 is 17.9 Å². The van der Waals surface area contributed by atoms with E-state index < -0.39 is 28.7 Å². The van der Waals surface area contributed by atoms with Crippen molar-refractivity contribution in [2.75, 3.05) is 0 Å². The Hall–Kier alpha value is -2.11. The van der Waals surface area contributed by atoms with Gasteiger partial charge >= 0.3 is 17.9 Å². The molecule has 0 saturated carbocycles. The fourth-order valence-corrected chi connectivity index (χ4v) is 6.86. The number of hydrogen-bond donors (Lipinski definition) is 3. The molecule has 0 amide bonds. The van der Waals surface area contributed by atoms with E-state index in [1.165, 1.54) is 44.6 Å². The molecule has 248 valence electrons. The van der Waals surface area contributed by atoms with Crippen molar-refractivity contribution in [3.63, 3.8) is 0 Å². The van der Waals surface area contributed by atoms with Gasteiger partial charge in [-0.2, -0.15) is 0 Å². The Balaban J connectivity index is 3.24. The van der Waals surface area contributed by atoms with E-state index in [-0.39, 0.29) is 18.4 Å². The van der Waals surface area contributed by atoms with E-state index in [1.807, 2.05) is 0 Å². The highest BCUT2D eigenvalue weighted by Crippen LogP contribution is 2.55. The molecule has 1 aliphatic carbocycles. The molecule has 0 saturated heterocycles. The highest BCUT2D eigenvalue weighted by atomic mass is 16.4. The molecule has 43 heavy (non-hydrogen) atoms.